The van der Waals surface area contributed by atoms with E-state index < -0.39 is 0 Å². The van der Waals surface area contributed by atoms with Crippen LogP contribution in [0.5, 0.6) is 0 Å². The lowest BCUT2D eigenvalue weighted by atomic mass is 9.81. The summed E-state index contributed by atoms with van der Waals surface area (Å²) in [5, 5.41) is 3.56. The molecular weight excluding hydrogens is 162 g/mol. The van der Waals surface area contributed by atoms with E-state index >= 15 is 0 Å². The van der Waals surface area contributed by atoms with Crippen LogP contribution in [-0.2, 0) is 4.74 Å². The molecule has 0 bridgehead atoms. The average molecular weight is 183 g/mol. The summed E-state index contributed by atoms with van der Waals surface area (Å²) in [7, 11) is 0. The fourth-order valence-corrected chi connectivity index (χ4v) is 2.75. The van der Waals surface area contributed by atoms with E-state index in [2.05, 4.69) is 12.2 Å². The van der Waals surface area contributed by atoms with Gasteiger partial charge in [0.2, 0.25) is 0 Å². The predicted molar refractivity (Wildman–Crippen MR) is 53.8 cm³/mol. The van der Waals surface area contributed by atoms with Crippen LogP contribution >= 0.6 is 0 Å². The molecule has 1 saturated carbocycles. The number of hydrogen-bond donors (Lipinski definition) is 1. The molecule has 0 spiro atoms. The fraction of sp³-hybridized carbons (Fsp3) is 1.00. The number of morpholine rings is 1. The first kappa shape index (κ1) is 9.47. The molecular formula is C11H21NO. The molecule has 0 aromatic rings. The fourth-order valence-electron chi connectivity index (χ4n) is 2.75. The Morgan fingerprint density at radius 1 is 1.38 bits per heavy atom. The summed E-state index contributed by atoms with van der Waals surface area (Å²) in [6.45, 7) is 4.26. The molecule has 1 unspecified atom stereocenters. The summed E-state index contributed by atoms with van der Waals surface area (Å²) in [5.41, 5.74) is 0. The Morgan fingerprint density at radius 2 is 2.31 bits per heavy atom. The largest absolute Gasteiger partial charge is 0.375 e. The van der Waals surface area contributed by atoms with Gasteiger partial charge in [0.25, 0.3) is 0 Å². The van der Waals surface area contributed by atoms with E-state index in [1.807, 2.05) is 0 Å². The van der Waals surface area contributed by atoms with Gasteiger partial charge in [0.15, 0.2) is 0 Å². The first-order chi connectivity index (χ1) is 6.40. The van der Waals surface area contributed by atoms with E-state index in [1.165, 1.54) is 32.1 Å². The molecule has 2 aliphatic rings. The van der Waals surface area contributed by atoms with Gasteiger partial charge in [0, 0.05) is 12.6 Å². The zero-order chi connectivity index (χ0) is 9.10. The van der Waals surface area contributed by atoms with Crippen molar-refractivity contribution in [1.82, 2.24) is 5.32 Å². The normalized spacial score (nSPS) is 39.9. The Labute approximate surface area is 81.0 Å². The van der Waals surface area contributed by atoms with Crippen LogP contribution in [0.25, 0.3) is 0 Å². The zero-order valence-electron chi connectivity index (χ0n) is 8.59. The van der Waals surface area contributed by atoms with Crippen LogP contribution in [0.1, 0.15) is 39.0 Å². The van der Waals surface area contributed by atoms with Crippen molar-refractivity contribution in [3.05, 3.63) is 0 Å². The topological polar surface area (TPSA) is 21.3 Å². The average Bonchev–Trinajstić information content (AvgIpc) is 2.18. The molecule has 76 valence electrons. The molecule has 1 saturated heterocycles. The highest BCUT2D eigenvalue weighted by Crippen LogP contribution is 2.30. The van der Waals surface area contributed by atoms with Gasteiger partial charge in [-0.2, -0.15) is 0 Å². The number of hydrogen-bond acceptors (Lipinski definition) is 2. The minimum atomic E-state index is 0.527. The van der Waals surface area contributed by atoms with Gasteiger partial charge in [-0.3, -0.25) is 0 Å². The molecule has 1 aliphatic carbocycles. The van der Waals surface area contributed by atoms with E-state index in [9.17, 15) is 0 Å². The Balaban J connectivity index is 1.84. The van der Waals surface area contributed by atoms with Gasteiger partial charge in [-0.05, 0) is 25.2 Å². The highest BCUT2D eigenvalue weighted by Gasteiger charge is 2.32. The zero-order valence-corrected chi connectivity index (χ0v) is 8.59. The molecule has 2 heteroatoms. The van der Waals surface area contributed by atoms with Gasteiger partial charge < -0.3 is 10.1 Å². The first-order valence-electron chi connectivity index (χ1n) is 5.75. The summed E-state index contributed by atoms with van der Waals surface area (Å²) >= 11 is 0. The van der Waals surface area contributed by atoms with Crippen molar-refractivity contribution in [3.8, 4) is 0 Å². The molecule has 0 aromatic heterocycles. The van der Waals surface area contributed by atoms with Crippen LogP contribution in [0.15, 0.2) is 0 Å². The van der Waals surface area contributed by atoms with Crippen molar-refractivity contribution < 1.29 is 4.74 Å². The molecule has 2 nitrogen and oxygen atoms in total. The highest BCUT2D eigenvalue weighted by molar-refractivity contribution is 4.87. The van der Waals surface area contributed by atoms with E-state index in [-0.39, 0.29) is 0 Å². The molecule has 1 heterocycles. The van der Waals surface area contributed by atoms with Gasteiger partial charge in [-0.15, -0.1) is 0 Å². The molecule has 1 N–H and O–H groups in total. The number of rotatable bonds is 2. The highest BCUT2D eigenvalue weighted by atomic mass is 16.5. The van der Waals surface area contributed by atoms with E-state index in [0.29, 0.717) is 12.1 Å². The van der Waals surface area contributed by atoms with Crippen molar-refractivity contribution in [2.45, 2.75) is 51.2 Å². The summed E-state index contributed by atoms with van der Waals surface area (Å²) in [5.74, 6) is 0.936. The predicted octanol–water partition coefficient (Wildman–Crippen LogP) is 1.94. The standard InChI is InChI=1S/C11H21NO/c1-2-3-9-4-5-10-11(8-9)13-7-6-12-10/h9-12H,2-8H2,1H3/t9?,10-,11+/m1/s1. The molecule has 0 radical (unpaired) electrons. The Hall–Kier alpha value is -0.0800. The van der Waals surface area contributed by atoms with Gasteiger partial charge in [0.1, 0.15) is 0 Å². The van der Waals surface area contributed by atoms with Gasteiger partial charge in [-0.1, -0.05) is 19.8 Å². The Morgan fingerprint density at radius 3 is 3.15 bits per heavy atom. The monoisotopic (exact) mass is 183 g/mol. The van der Waals surface area contributed by atoms with Crippen LogP contribution in [0.3, 0.4) is 0 Å². The number of ether oxygens (including phenoxy) is 1. The maximum Gasteiger partial charge on any atom is 0.0731 e. The maximum atomic E-state index is 5.80. The van der Waals surface area contributed by atoms with Crippen molar-refractivity contribution in [2.75, 3.05) is 13.2 Å². The third-order valence-electron chi connectivity index (χ3n) is 3.44. The summed E-state index contributed by atoms with van der Waals surface area (Å²) < 4.78 is 5.80. The summed E-state index contributed by atoms with van der Waals surface area (Å²) in [6, 6.07) is 0.668. The second-order valence-corrected chi connectivity index (χ2v) is 4.44. The third kappa shape index (κ3) is 2.23. The van der Waals surface area contributed by atoms with Gasteiger partial charge >= 0.3 is 0 Å². The minimum absolute atomic E-state index is 0.527. The van der Waals surface area contributed by atoms with Crippen molar-refractivity contribution in [2.24, 2.45) is 5.92 Å². The minimum Gasteiger partial charge on any atom is -0.375 e. The SMILES string of the molecule is CCCC1CC[C@H]2NCCO[C@H]2C1. The Kier molecular flexibility index (Phi) is 3.23. The lowest BCUT2D eigenvalue weighted by molar-refractivity contribution is -0.0381. The van der Waals surface area contributed by atoms with E-state index in [1.54, 1.807) is 0 Å². The quantitative estimate of drug-likeness (QED) is 0.706. The van der Waals surface area contributed by atoms with Crippen molar-refractivity contribution in [1.29, 1.82) is 0 Å². The second kappa shape index (κ2) is 4.43. The van der Waals surface area contributed by atoms with Crippen LogP contribution < -0.4 is 5.32 Å². The van der Waals surface area contributed by atoms with Crippen molar-refractivity contribution >= 4 is 0 Å². The summed E-state index contributed by atoms with van der Waals surface area (Å²) in [4.78, 5) is 0. The molecule has 1 aliphatic heterocycles. The lowest BCUT2D eigenvalue weighted by Crippen LogP contribution is -2.51. The smallest absolute Gasteiger partial charge is 0.0731 e. The number of nitrogens with one attached hydrogen (secondary N) is 1. The molecule has 2 fully saturated rings. The molecule has 2 rings (SSSR count). The Bertz CT molecular complexity index is 160. The van der Waals surface area contributed by atoms with Crippen LogP contribution in [0.2, 0.25) is 0 Å². The van der Waals surface area contributed by atoms with Gasteiger partial charge in [-0.25, -0.2) is 0 Å². The van der Waals surface area contributed by atoms with Crippen molar-refractivity contribution in [3.63, 3.8) is 0 Å². The van der Waals surface area contributed by atoms with E-state index in [0.717, 1.165) is 19.1 Å². The van der Waals surface area contributed by atoms with Crippen LogP contribution in [-0.4, -0.2) is 25.3 Å². The molecule has 0 amide bonds. The third-order valence-corrected chi connectivity index (χ3v) is 3.44. The van der Waals surface area contributed by atoms with Gasteiger partial charge in [0.05, 0.1) is 12.7 Å². The van der Waals surface area contributed by atoms with Crippen LogP contribution in [0, 0.1) is 5.92 Å². The first-order valence-corrected chi connectivity index (χ1v) is 5.75. The summed E-state index contributed by atoms with van der Waals surface area (Å²) in [6.07, 6.45) is 7.29. The second-order valence-electron chi connectivity index (χ2n) is 4.44. The van der Waals surface area contributed by atoms with Crippen LogP contribution in [0.4, 0.5) is 0 Å². The maximum absolute atomic E-state index is 5.80. The van der Waals surface area contributed by atoms with E-state index in [4.69, 9.17) is 4.74 Å². The lowest BCUT2D eigenvalue weighted by Gasteiger charge is -2.39. The molecule has 0 aromatic carbocycles. The molecule has 3 atom stereocenters. The number of fused-ring (bicyclic) bond motifs is 1. The molecule has 13 heavy (non-hydrogen) atoms.